The van der Waals surface area contributed by atoms with Crippen molar-refractivity contribution in [3.63, 3.8) is 0 Å². The summed E-state index contributed by atoms with van der Waals surface area (Å²) in [5.41, 5.74) is 3.28. The lowest BCUT2D eigenvalue weighted by Gasteiger charge is -2.11. The van der Waals surface area contributed by atoms with Crippen LogP contribution in [-0.4, -0.2) is 18.1 Å². The maximum absolute atomic E-state index is 9.01. The standard InChI is InChI=1S/C19H17N5O2/c1-13-5-3-4-6-16(13)24-19(22-11-20)23-14-7-8-15(17(9-14)25-2)18-10-21-12-26-18/h3-10,12H,1-2H3,(H2,22,23,24). The Morgan fingerprint density at radius 1 is 1.27 bits per heavy atom. The van der Waals surface area contributed by atoms with E-state index in [1.54, 1.807) is 25.4 Å². The summed E-state index contributed by atoms with van der Waals surface area (Å²) in [6, 6.07) is 13.1. The van der Waals surface area contributed by atoms with Crippen LogP contribution in [-0.2, 0) is 0 Å². The number of nitrogens with zero attached hydrogens (tertiary/aromatic N) is 3. The predicted molar refractivity (Wildman–Crippen MR) is 99.1 cm³/mol. The van der Waals surface area contributed by atoms with E-state index in [4.69, 9.17) is 14.4 Å². The SMILES string of the molecule is COc1cc(N=C(NC#N)Nc2ccccc2C)ccc1-c1cnco1. The van der Waals surface area contributed by atoms with Crippen LogP contribution in [0.15, 0.2) is 64.5 Å². The van der Waals surface area contributed by atoms with Gasteiger partial charge in [0, 0.05) is 11.8 Å². The van der Waals surface area contributed by atoms with Crippen LogP contribution in [0, 0.1) is 18.4 Å². The number of aliphatic imine (C=N–C) groups is 1. The molecule has 0 spiro atoms. The zero-order valence-electron chi connectivity index (χ0n) is 14.4. The Balaban J connectivity index is 1.93. The van der Waals surface area contributed by atoms with E-state index in [9.17, 15) is 0 Å². The highest BCUT2D eigenvalue weighted by molar-refractivity contribution is 5.96. The zero-order valence-corrected chi connectivity index (χ0v) is 14.4. The highest BCUT2D eigenvalue weighted by Crippen LogP contribution is 2.33. The number of para-hydroxylation sites is 1. The molecule has 0 atom stereocenters. The first kappa shape index (κ1) is 17.0. The van der Waals surface area contributed by atoms with Crippen LogP contribution in [0.25, 0.3) is 11.3 Å². The summed E-state index contributed by atoms with van der Waals surface area (Å²) >= 11 is 0. The number of aryl methyl sites for hydroxylation is 1. The molecule has 0 bridgehead atoms. The van der Waals surface area contributed by atoms with E-state index in [0.717, 1.165) is 16.8 Å². The first-order valence-corrected chi connectivity index (χ1v) is 7.84. The summed E-state index contributed by atoms with van der Waals surface area (Å²) in [5, 5.41) is 14.7. The third-order valence-corrected chi connectivity index (χ3v) is 3.70. The van der Waals surface area contributed by atoms with Crippen LogP contribution in [0.3, 0.4) is 0 Å². The molecule has 26 heavy (non-hydrogen) atoms. The number of hydrogen-bond acceptors (Lipinski definition) is 5. The Kier molecular flexibility index (Phi) is 5.15. The van der Waals surface area contributed by atoms with Crippen LogP contribution >= 0.6 is 0 Å². The summed E-state index contributed by atoms with van der Waals surface area (Å²) in [6.45, 7) is 1.97. The van der Waals surface area contributed by atoms with Crippen molar-refractivity contribution in [1.29, 1.82) is 5.26 Å². The van der Waals surface area contributed by atoms with Gasteiger partial charge >= 0.3 is 0 Å². The number of guanidine groups is 1. The van der Waals surface area contributed by atoms with Gasteiger partial charge in [-0.15, -0.1) is 0 Å². The van der Waals surface area contributed by atoms with Crippen LogP contribution in [0.5, 0.6) is 5.75 Å². The quantitative estimate of drug-likeness (QED) is 0.322. The highest BCUT2D eigenvalue weighted by Gasteiger charge is 2.10. The molecule has 0 aliphatic rings. The molecule has 7 nitrogen and oxygen atoms in total. The Hall–Kier alpha value is -3.79. The average Bonchev–Trinajstić information content (AvgIpc) is 3.18. The van der Waals surface area contributed by atoms with Crippen molar-refractivity contribution in [2.45, 2.75) is 6.92 Å². The number of aromatic nitrogens is 1. The molecule has 2 N–H and O–H groups in total. The van der Waals surface area contributed by atoms with Gasteiger partial charge in [-0.2, -0.15) is 5.26 Å². The largest absolute Gasteiger partial charge is 0.496 e. The Morgan fingerprint density at radius 2 is 2.12 bits per heavy atom. The molecule has 2 aromatic carbocycles. The van der Waals surface area contributed by atoms with Gasteiger partial charge in [0.15, 0.2) is 18.3 Å². The van der Waals surface area contributed by atoms with E-state index < -0.39 is 0 Å². The maximum Gasteiger partial charge on any atom is 0.214 e. The molecule has 7 heteroatoms. The maximum atomic E-state index is 9.01. The fourth-order valence-electron chi connectivity index (χ4n) is 2.41. The van der Waals surface area contributed by atoms with Crippen LogP contribution in [0.2, 0.25) is 0 Å². The molecule has 0 saturated heterocycles. The lowest BCUT2D eigenvalue weighted by Crippen LogP contribution is -2.26. The molecule has 3 aromatic rings. The van der Waals surface area contributed by atoms with Gasteiger partial charge in [-0.05, 0) is 30.7 Å². The number of nitriles is 1. The van der Waals surface area contributed by atoms with Crippen molar-refractivity contribution in [3.8, 4) is 23.3 Å². The monoisotopic (exact) mass is 347 g/mol. The normalized spacial score (nSPS) is 10.9. The third kappa shape index (κ3) is 3.82. The first-order valence-electron chi connectivity index (χ1n) is 7.84. The van der Waals surface area contributed by atoms with Crippen molar-refractivity contribution in [1.82, 2.24) is 10.3 Å². The smallest absolute Gasteiger partial charge is 0.214 e. The molecule has 3 rings (SSSR count). The average molecular weight is 347 g/mol. The lowest BCUT2D eigenvalue weighted by atomic mass is 10.1. The Morgan fingerprint density at radius 3 is 2.81 bits per heavy atom. The second-order valence-electron chi connectivity index (χ2n) is 5.39. The van der Waals surface area contributed by atoms with E-state index in [1.807, 2.05) is 43.4 Å². The minimum absolute atomic E-state index is 0.316. The number of methoxy groups -OCH3 is 1. The lowest BCUT2D eigenvalue weighted by molar-refractivity contribution is 0.415. The fraction of sp³-hybridized carbons (Fsp3) is 0.105. The van der Waals surface area contributed by atoms with Crippen molar-refractivity contribution in [2.24, 2.45) is 4.99 Å². The third-order valence-electron chi connectivity index (χ3n) is 3.70. The molecule has 0 radical (unpaired) electrons. The second-order valence-corrected chi connectivity index (χ2v) is 5.39. The minimum atomic E-state index is 0.316. The summed E-state index contributed by atoms with van der Waals surface area (Å²) in [6.07, 6.45) is 4.87. The number of benzene rings is 2. The number of oxazole rings is 1. The zero-order chi connectivity index (χ0) is 18.4. The second kappa shape index (κ2) is 7.85. The first-order chi connectivity index (χ1) is 12.7. The summed E-state index contributed by atoms with van der Waals surface area (Å²) in [5.74, 6) is 1.51. The Labute approximate surface area is 151 Å². The molecule has 130 valence electrons. The molecule has 1 heterocycles. The molecule has 0 aliphatic carbocycles. The van der Waals surface area contributed by atoms with Crippen LogP contribution in [0.4, 0.5) is 11.4 Å². The summed E-state index contributed by atoms with van der Waals surface area (Å²) in [4.78, 5) is 8.38. The van der Waals surface area contributed by atoms with Gasteiger partial charge in [0.1, 0.15) is 5.75 Å². The van der Waals surface area contributed by atoms with Crippen molar-refractivity contribution >= 4 is 17.3 Å². The molecule has 0 unspecified atom stereocenters. The van der Waals surface area contributed by atoms with Crippen molar-refractivity contribution < 1.29 is 9.15 Å². The molecule has 0 amide bonds. The minimum Gasteiger partial charge on any atom is -0.496 e. The van der Waals surface area contributed by atoms with Gasteiger partial charge in [-0.25, -0.2) is 9.98 Å². The van der Waals surface area contributed by atoms with Gasteiger partial charge in [0.25, 0.3) is 0 Å². The number of hydrogen-bond donors (Lipinski definition) is 2. The van der Waals surface area contributed by atoms with Crippen molar-refractivity contribution in [3.05, 3.63) is 60.6 Å². The van der Waals surface area contributed by atoms with Crippen molar-refractivity contribution in [2.75, 3.05) is 12.4 Å². The Bertz CT molecular complexity index is 958. The summed E-state index contributed by atoms with van der Waals surface area (Å²) < 4.78 is 10.7. The number of nitrogens with one attached hydrogen (secondary N) is 2. The highest BCUT2D eigenvalue weighted by atomic mass is 16.5. The molecule has 0 fully saturated rings. The van der Waals surface area contributed by atoms with Gasteiger partial charge in [-0.1, -0.05) is 18.2 Å². The van der Waals surface area contributed by atoms with E-state index >= 15 is 0 Å². The predicted octanol–water partition coefficient (Wildman–Crippen LogP) is 3.83. The molecular formula is C19H17N5O2. The van der Waals surface area contributed by atoms with E-state index in [1.165, 1.54) is 6.39 Å². The summed E-state index contributed by atoms with van der Waals surface area (Å²) in [7, 11) is 1.57. The molecule has 1 aromatic heterocycles. The van der Waals surface area contributed by atoms with Gasteiger partial charge < -0.3 is 14.5 Å². The van der Waals surface area contributed by atoms with E-state index in [2.05, 4.69) is 20.6 Å². The fourth-order valence-corrected chi connectivity index (χ4v) is 2.41. The van der Waals surface area contributed by atoms with Crippen LogP contribution < -0.4 is 15.4 Å². The van der Waals surface area contributed by atoms with Gasteiger partial charge in [0.2, 0.25) is 5.96 Å². The number of ether oxygens (including phenoxy) is 1. The topological polar surface area (TPSA) is 95.5 Å². The number of rotatable bonds is 4. The molecule has 0 aliphatic heterocycles. The molecular weight excluding hydrogens is 330 g/mol. The van der Waals surface area contributed by atoms with E-state index in [-0.39, 0.29) is 0 Å². The van der Waals surface area contributed by atoms with E-state index in [0.29, 0.717) is 23.2 Å². The van der Waals surface area contributed by atoms with Gasteiger partial charge in [-0.3, -0.25) is 5.32 Å². The van der Waals surface area contributed by atoms with Crippen LogP contribution in [0.1, 0.15) is 5.56 Å². The molecule has 0 saturated carbocycles. The number of anilines is 1. The van der Waals surface area contributed by atoms with Gasteiger partial charge in [0.05, 0.1) is 24.6 Å².